The summed E-state index contributed by atoms with van der Waals surface area (Å²) in [7, 11) is 4.55. The van der Waals surface area contributed by atoms with Crippen LogP contribution in [-0.4, -0.2) is 62.5 Å². The van der Waals surface area contributed by atoms with Gasteiger partial charge in [0.2, 0.25) is 5.75 Å². The van der Waals surface area contributed by atoms with E-state index in [4.69, 9.17) is 19.2 Å². The molecule has 31 heavy (non-hydrogen) atoms. The van der Waals surface area contributed by atoms with Gasteiger partial charge in [0, 0.05) is 37.1 Å². The summed E-state index contributed by atoms with van der Waals surface area (Å²) in [6.45, 7) is 0.947. The molecule has 1 saturated heterocycles. The number of rotatable bonds is 5. The monoisotopic (exact) mass is 423 g/mol. The number of piperidine rings is 1. The number of benzene rings is 2. The number of hydrogen-bond donors (Lipinski definition) is 1. The molecule has 0 atom stereocenters. The maximum atomic E-state index is 13.1. The van der Waals surface area contributed by atoms with Crippen LogP contribution >= 0.6 is 0 Å². The quantitative estimate of drug-likeness (QED) is 0.797. The highest BCUT2D eigenvalue weighted by molar-refractivity contribution is 6.46. The maximum absolute atomic E-state index is 13.1. The van der Waals surface area contributed by atoms with Crippen LogP contribution in [0.15, 0.2) is 47.5 Å². The number of aliphatic imine (C=N–C) groups is 1. The molecule has 8 heteroatoms. The highest BCUT2D eigenvalue weighted by Gasteiger charge is 2.43. The molecule has 0 bridgehead atoms. The lowest BCUT2D eigenvalue weighted by molar-refractivity contribution is -0.115. The van der Waals surface area contributed by atoms with E-state index in [2.05, 4.69) is 5.32 Å². The van der Waals surface area contributed by atoms with Crippen LogP contribution in [0.5, 0.6) is 17.2 Å². The van der Waals surface area contributed by atoms with Gasteiger partial charge >= 0.3 is 0 Å². The van der Waals surface area contributed by atoms with Crippen molar-refractivity contribution in [2.24, 2.45) is 4.99 Å². The van der Waals surface area contributed by atoms with E-state index in [0.717, 1.165) is 5.56 Å². The van der Waals surface area contributed by atoms with Gasteiger partial charge in [0.05, 0.1) is 21.3 Å². The van der Waals surface area contributed by atoms with Crippen molar-refractivity contribution in [2.75, 3.05) is 34.4 Å². The molecule has 1 fully saturated rings. The van der Waals surface area contributed by atoms with E-state index in [-0.39, 0.29) is 11.8 Å². The summed E-state index contributed by atoms with van der Waals surface area (Å²) in [6, 6.07) is 12.7. The molecule has 2 amide bonds. The highest BCUT2D eigenvalue weighted by Crippen LogP contribution is 2.39. The molecule has 8 nitrogen and oxygen atoms in total. The Kier molecular flexibility index (Phi) is 5.54. The molecular weight excluding hydrogens is 398 g/mol. The minimum atomic E-state index is -0.658. The largest absolute Gasteiger partial charge is 0.493 e. The fourth-order valence-electron chi connectivity index (χ4n) is 4.06. The molecule has 0 radical (unpaired) electrons. The number of carbonyl (C=O) groups excluding carboxylic acids is 2. The molecule has 0 aromatic heterocycles. The van der Waals surface area contributed by atoms with E-state index >= 15 is 0 Å². The summed E-state index contributed by atoms with van der Waals surface area (Å²) in [6.07, 6.45) is 1.09. The van der Waals surface area contributed by atoms with Crippen molar-refractivity contribution in [1.82, 2.24) is 10.2 Å². The first kappa shape index (κ1) is 20.7. The molecule has 2 aromatic carbocycles. The van der Waals surface area contributed by atoms with E-state index in [1.54, 1.807) is 17.0 Å². The van der Waals surface area contributed by atoms with Crippen LogP contribution in [0, 0.1) is 0 Å². The van der Waals surface area contributed by atoms with E-state index in [1.165, 1.54) is 21.3 Å². The number of nitrogens with zero attached hydrogens (tertiary/aromatic N) is 2. The third-order valence-corrected chi connectivity index (χ3v) is 5.72. The van der Waals surface area contributed by atoms with Crippen LogP contribution < -0.4 is 19.5 Å². The molecule has 1 N–H and O–H groups in total. The second-order valence-electron chi connectivity index (χ2n) is 7.52. The van der Waals surface area contributed by atoms with Crippen LogP contribution in [0.1, 0.15) is 28.8 Å². The Morgan fingerprint density at radius 3 is 2.16 bits per heavy atom. The predicted octanol–water partition coefficient (Wildman–Crippen LogP) is 2.26. The van der Waals surface area contributed by atoms with Crippen LogP contribution in [-0.2, 0) is 4.79 Å². The van der Waals surface area contributed by atoms with Gasteiger partial charge in [-0.15, -0.1) is 0 Å². The molecule has 2 aliphatic rings. The van der Waals surface area contributed by atoms with Gasteiger partial charge in [0.1, 0.15) is 11.4 Å². The Hall–Kier alpha value is -3.55. The van der Waals surface area contributed by atoms with Gasteiger partial charge in [0.25, 0.3) is 11.8 Å². The van der Waals surface area contributed by atoms with Crippen molar-refractivity contribution in [3.8, 4) is 17.2 Å². The number of likely N-dealkylation sites (tertiary alicyclic amines) is 1. The number of hydrogen-bond acceptors (Lipinski definition) is 6. The van der Waals surface area contributed by atoms with Gasteiger partial charge in [-0.2, -0.15) is 0 Å². The second-order valence-corrected chi connectivity index (χ2v) is 7.52. The lowest BCUT2D eigenvalue weighted by Crippen LogP contribution is -2.52. The number of carbonyl (C=O) groups is 2. The van der Waals surface area contributed by atoms with E-state index in [9.17, 15) is 9.59 Å². The van der Waals surface area contributed by atoms with Crippen molar-refractivity contribution in [3.05, 3.63) is 53.6 Å². The molecule has 2 aromatic rings. The minimum Gasteiger partial charge on any atom is -0.493 e. The Labute approximate surface area is 180 Å². The Morgan fingerprint density at radius 1 is 1.00 bits per heavy atom. The van der Waals surface area contributed by atoms with Gasteiger partial charge in [0.15, 0.2) is 11.5 Å². The number of nitrogens with one attached hydrogen (secondary N) is 1. The molecule has 0 saturated carbocycles. The molecule has 4 rings (SSSR count). The number of amides is 2. The van der Waals surface area contributed by atoms with Crippen LogP contribution in [0.2, 0.25) is 0 Å². The predicted molar refractivity (Wildman–Crippen MR) is 115 cm³/mol. The van der Waals surface area contributed by atoms with E-state index < -0.39 is 5.66 Å². The third kappa shape index (κ3) is 3.81. The first-order valence-electron chi connectivity index (χ1n) is 10.1. The zero-order valence-electron chi connectivity index (χ0n) is 17.8. The minimum absolute atomic E-state index is 0.134. The summed E-state index contributed by atoms with van der Waals surface area (Å²) >= 11 is 0. The summed E-state index contributed by atoms with van der Waals surface area (Å²) in [5.74, 6) is 0.995. The standard InChI is InChI=1S/C23H25N3O5/c1-29-17-13-16(14-18(30-2)20(17)31-3)22(28)26-11-9-23(10-12-26)24-19(21(27)25-23)15-7-5-4-6-8-15/h4-8,13-14H,9-12H2,1-3H3,(H,25,27). The second kappa shape index (κ2) is 8.29. The molecular formula is C23H25N3O5. The average Bonchev–Trinajstić information content (AvgIpc) is 3.14. The van der Waals surface area contributed by atoms with Crippen LogP contribution in [0.25, 0.3) is 0 Å². The van der Waals surface area contributed by atoms with Crippen molar-refractivity contribution < 1.29 is 23.8 Å². The molecule has 0 aliphatic carbocycles. The van der Waals surface area contributed by atoms with Gasteiger partial charge < -0.3 is 24.4 Å². The fourth-order valence-corrected chi connectivity index (χ4v) is 4.06. The van der Waals surface area contributed by atoms with Crippen molar-refractivity contribution >= 4 is 17.5 Å². The average molecular weight is 423 g/mol. The van der Waals surface area contributed by atoms with E-state index in [0.29, 0.717) is 54.5 Å². The SMILES string of the molecule is COc1cc(C(=O)N2CCC3(CC2)N=C(c2ccccc2)C(=O)N3)cc(OC)c1OC. The van der Waals surface area contributed by atoms with Gasteiger partial charge in [-0.3, -0.25) is 14.6 Å². The van der Waals surface area contributed by atoms with E-state index in [1.807, 2.05) is 30.3 Å². The zero-order valence-corrected chi connectivity index (χ0v) is 17.8. The lowest BCUT2D eigenvalue weighted by atomic mass is 9.97. The van der Waals surface area contributed by atoms with Crippen molar-refractivity contribution in [2.45, 2.75) is 18.5 Å². The molecule has 1 spiro atoms. The fraction of sp³-hybridized carbons (Fsp3) is 0.348. The Balaban J connectivity index is 1.51. The number of ether oxygens (including phenoxy) is 3. The highest BCUT2D eigenvalue weighted by atomic mass is 16.5. The zero-order chi connectivity index (χ0) is 22.0. The first-order chi connectivity index (χ1) is 15.0. The van der Waals surface area contributed by atoms with Crippen LogP contribution in [0.3, 0.4) is 0 Å². The van der Waals surface area contributed by atoms with Crippen molar-refractivity contribution in [3.63, 3.8) is 0 Å². The summed E-state index contributed by atoms with van der Waals surface area (Å²) in [4.78, 5) is 32.2. The van der Waals surface area contributed by atoms with Crippen LogP contribution in [0.4, 0.5) is 0 Å². The Morgan fingerprint density at radius 2 is 1.61 bits per heavy atom. The normalized spacial score (nSPS) is 17.2. The Bertz CT molecular complexity index is 1000. The summed E-state index contributed by atoms with van der Waals surface area (Å²) in [5, 5.41) is 3.03. The summed E-state index contributed by atoms with van der Waals surface area (Å²) in [5.41, 5.74) is 1.04. The summed E-state index contributed by atoms with van der Waals surface area (Å²) < 4.78 is 16.0. The smallest absolute Gasteiger partial charge is 0.272 e. The molecule has 162 valence electrons. The van der Waals surface area contributed by atoms with Crippen molar-refractivity contribution in [1.29, 1.82) is 0 Å². The first-order valence-corrected chi connectivity index (χ1v) is 10.1. The van der Waals surface area contributed by atoms with Gasteiger partial charge in [-0.25, -0.2) is 0 Å². The van der Waals surface area contributed by atoms with Gasteiger partial charge in [-0.05, 0) is 12.1 Å². The molecule has 2 heterocycles. The third-order valence-electron chi connectivity index (χ3n) is 5.72. The lowest BCUT2D eigenvalue weighted by Gasteiger charge is -2.37. The molecule has 2 aliphatic heterocycles. The molecule has 0 unspecified atom stereocenters. The number of methoxy groups -OCH3 is 3. The topological polar surface area (TPSA) is 89.5 Å². The maximum Gasteiger partial charge on any atom is 0.272 e. The van der Waals surface area contributed by atoms with Gasteiger partial charge in [-0.1, -0.05) is 30.3 Å².